The summed E-state index contributed by atoms with van der Waals surface area (Å²) in [5.41, 5.74) is 0.753. The number of fused-ring (bicyclic) bond motifs is 1. The molecule has 0 spiro atoms. The van der Waals surface area contributed by atoms with E-state index in [-0.39, 0.29) is 11.2 Å². The zero-order valence-corrected chi connectivity index (χ0v) is 6.38. The largest absolute Gasteiger partial charge is 0.325 e. The highest BCUT2D eigenvalue weighted by molar-refractivity contribution is 5.67. The smallest absolute Gasteiger partial charge is 0.319 e. The van der Waals surface area contributed by atoms with Gasteiger partial charge in [-0.2, -0.15) is 0 Å². The third-order valence-electron chi connectivity index (χ3n) is 1.66. The molecule has 12 heavy (non-hydrogen) atoms. The summed E-state index contributed by atoms with van der Waals surface area (Å²) >= 11 is 0. The fourth-order valence-electron chi connectivity index (χ4n) is 1.02. The molecule has 3 N–H and O–H groups in total. The van der Waals surface area contributed by atoms with Crippen molar-refractivity contribution in [1.82, 2.24) is 19.5 Å². The van der Waals surface area contributed by atoms with Crippen molar-refractivity contribution in [3.8, 4) is 0 Å². The van der Waals surface area contributed by atoms with Gasteiger partial charge in [-0.25, -0.2) is 9.78 Å². The van der Waals surface area contributed by atoms with Gasteiger partial charge < -0.3 is 9.55 Å². The number of aromatic amines is 2. The molecule has 2 rings (SSSR count). The lowest BCUT2D eigenvalue weighted by Crippen LogP contribution is -2.17. The highest BCUT2D eigenvalue weighted by atomic mass is 16.1. The molecule has 0 aromatic carbocycles. The Morgan fingerprint density at radius 1 is 1.58 bits per heavy atom. The summed E-state index contributed by atoms with van der Waals surface area (Å²) in [4.78, 5) is 19.7. The van der Waals surface area contributed by atoms with Crippen LogP contribution in [0.1, 0.15) is 0 Å². The van der Waals surface area contributed by atoms with Gasteiger partial charge in [-0.1, -0.05) is 0 Å². The van der Waals surface area contributed by atoms with Gasteiger partial charge in [-0.05, 0) is 0 Å². The van der Waals surface area contributed by atoms with Crippen LogP contribution < -0.4 is 11.2 Å². The molecule has 0 fully saturated rings. The van der Waals surface area contributed by atoms with Crippen molar-refractivity contribution >= 4 is 11.2 Å². The lowest BCUT2D eigenvalue weighted by Gasteiger charge is -1.95. The van der Waals surface area contributed by atoms with Crippen LogP contribution in [0, 0.1) is 5.41 Å². The minimum absolute atomic E-state index is 0.235. The number of imidazole rings is 1. The lowest BCUT2D eigenvalue weighted by atomic mass is 10.5. The van der Waals surface area contributed by atoms with Crippen molar-refractivity contribution in [2.45, 2.75) is 0 Å². The van der Waals surface area contributed by atoms with Gasteiger partial charge in [-0.15, -0.1) is 0 Å². The fourth-order valence-corrected chi connectivity index (χ4v) is 1.02. The molecule has 0 atom stereocenters. The van der Waals surface area contributed by atoms with Crippen molar-refractivity contribution < 1.29 is 0 Å². The van der Waals surface area contributed by atoms with E-state index in [1.54, 1.807) is 7.05 Å². The molecule has 6 heteroatoms. The van der Waals surface area contributed by atoms with Crippen molar-refractivity contribution in [1.29, 1.82) is 5.41 Å². The molecule has 2 aromatic rings. The highest BCUT2D eigenvalue weighted by Gasteiger charge is 2.00. The summed E-state index contributed by atoms with van der Waals surface area (Å²) in [6, 6.07) is 0. The fraction of sp³-hybridized carbons (Fsp3) is 0.167. The van der Waals surface area contributed by atoms with E-state index in [4.69, 9.17) is 5.41 Å². The van der Waals surface area contributed by atoms with Gasteiger partial charge in [0.05, 0.1) is 6.33 Å². The van der Waals surface area contributed by atoms with Gasteiger partial charge in [-0.3, -0.25) is 10.4 Å². The number of hydrogen-bond donors (Lipinski definition) is 3. The van der Waals surface area contributed by atoms with Gasteiger partial charge in [0.15, 0.2) is 11.1 Å². The number of nitrogens with one attached hydrogen (secondary N) is 3. The second-order valence-corrected chi connectivity index (χ2v) is 2.51. The van der Waals surface area contributed by atoms with Crippen LogP contribution in [-0.2, 0) is 7.05 Å². The minimum atomic E-state index is -0.336. The first-order valence-electron chi connectivity index (χ1n) is 3.36. The van der Waals surface area contributed by atoms with E-state index in [0.29, 0.717) is 11.2 Å². The molecule has 0 saturated carbocycles. The van der Waals surface area contributed by atoms with Crippen LogP contribution in [0.5, 0.6) is 0 Å². The Morgan fingerprint density at radius 2 is 2.33 bits per heavy atom. The molecule has 0 unspecified atom stereocenters. The molecular weight excluding hydrogens is 158 g/mol. The summed E-state index contributed by atoms with van der Waals surface area (Å²) < 4.78 is 1.52. The lowest BCUT2D eigenvalue weighted by molar-refractivity contribution is 0.802. The number of nitrogens with zero attached hydrogens (tertiary/aromatic N) is 2. The Labute approximate surface area is 66.4 Å². The molecule has 2 heterocycles. The maximum Gasteiger partial charge on any atom is 0.325 e. The van der Waals surface area contributed by atoms with Gasteiger partial charge >= 0.3 is 5.69 Å². The molecule has 0 amide bonds. The average molecular weight is 165 g/mol. The van der Waals surface area contributed by atoms with Crippen molar-refractivity contribution in [2.24, 2.45) is 7.05 Å². The van der Waals surface area contributed by atoms with Crippen molar-refractivity contribution in [3.63, 3.8) is 0 Å². The average Bonchev–Trinajstić information content (AvgIpc) is 2.39. The Kier molecular flexibility index (Phi) is 1.18. The van der Waals surface area contributed by atoms with Crippen molar-refractivity contribution in [3.05, 3.63) is 22.3 Å². The van der Waals surface area contributed by atoms with Crippen LogP contribution >= 0.6 is 0 Å². The van der Waals surface area contributed by atoms with E-state index in [0.717, 1.165) is 0 Å². The van der Waals surface area contributed by atoms with E-state index in [9.17, 15) is 4.79 Å². The Bertz CT molecular complexity index is 531. The predicted octanol–water partition coefficient (Wildman–Crippen LogP) is -0.931. The minimum Gasteiger partial charge on any atom is -0.319 e. The third-order valence-corrected chi connectivity index (χ3v) is 1.66. The molecule has 0 aliphatic carbocycles. The number of rotatable bonds is 0. The SMILES string of the molecule is Cn1cnc2[nH]c(=O)[nH]c2c1=N. The molecule has 2 aromatic heterocycles. The maximum absolute atomic E-state index is 10.8. The van der Waals surface area contributed by atoms with E-state index < -0.39 is 0 Å². The second kappa shape index (κ2) is 2.07. The topological polar surface area (TPSA) is 90.3 Å². The monoisotopic (exact) mass is 165 g/mol. The van der Waals surface area contributed by atoms with Gasteiger partial charge in [0.25, 0.3) is 0 Å². The second-order valence-electron chi connectivity index (χ2n) is 2.51. The first-order chi connectivity index (χ1) is 5.68. The first kappa shape index (κ1) is 6.84. The van der Waals surface area contributed by atoms with Crippen LogP contribution in [0.15, 0.2) is 11.1 Å². The van der Waals surface area contributed by atoms with Crippen LogP contribution in [0.25, 0.3) is 11.2 Å². The molecule has 0 radical (unpaired) electrons. The normalized spacial score (nSPS) is 10.8. The van der Waals surface area contributed by atoms with Gasteiger partial charge in [0.2, 0.25) is 0 Å². The predicted molar refractivity (Wildman–Crippen MR) is 41.5 cm³/mol. The zero-order chi connectivity index (χ0) is 8.72. The van der Waals surface area contributed by atoms with E-state index in [1.165, 1.54) is 10.9 Å². The summed E-state index contributed by atoms with van der Waals surface area (Å²) in [5.74, 6) is 0. The summed E-state index contributed by atoms with van der Waals surface area (Å²) in [7, 11) is 1.69. The molecule has 0 aliphatic heterocycles. The summed E-state index contributed by atoms with van der Waals surface area (Å²) in [6.45, 7) is 0. The molecule has 62 valence electrons. The van der Waals surface area contributed by atoms with Gasteiger partial charge in [0, 0.05) is 7.05 Å². The molecule has 0 aliphatic rings. The summed E-state index contributed by atoms with van der Waals surface area (Å²) in [5, 5.41) is 7.53. The number of H-pyrrole nitrogens is 2. The molecule has 6 nitrogen and oxygen atoms in total. The molecule has 0 bridgehead atoms. The Morgan fingerprint density at radius 3 is 3.08 bits per heavy atom. The van der Waals surface area contributed by atoms with E-state index in [1.807, 2.05) is 0 Å². The van der Waals surface area contributed by atoms with Crippen LogP contribution in [-0.4, -0.2) is 19.5 Å². The third kappa shape index (κ3) is 0.777. The first-order valence-corrected chi connectivity index (χ1v) is 3.36. The van der Waals surface area contributed by atoms with Gasteiger partial charge in [0.1, 0.15) is 5.52 Å². The number of aryl methyl sites for hydroxylation is 1. The number of aromatic nitrogens is 4. The van der Waals surface area contributed by atoms with Crippen LogP contribution in [0.2, 0.25) is 0 Å². The quantitative estimate of drug-likeness (QED) is 0.470. The zero-order valence-electron chi connectivity index (χ0n) is 6.38. The molecule has 0 saturated heterocycles. The maximum atomic E-state index is 10.8. The Balaban J connectivity index is 3.10. The summed E-state index contributed by atoms with van der Waals surface area (Å²) in [6.07, 6.45) is 1.48. The van der Waals surface area contributed by atoms with Crippen LogP contribution in [0.3, 0.4) is 0 Å². The van der Waals surface area contributed by atoms with Crippen LogP contribution in [0.4, 0.5) is 0 Å². The Hall–Kier alpha value is -1.85. The molecular formula is C6H7N5O. The number of hydrogen-bond acceptors (Lipinski definition) is 3. The standard InChI is InChI=1S/C6H7N5O/c1-11-2-8-5-3(4(11)7)9-6(12)10-5/h2,7H,1H3,(H2,9,10,12). The van der Waals surface area contributed by atoms with Crippen molar-refractivity contribution in [2.75, 3.05) is 0 Å². The van der Waals surface area contributed by atoms with E-state index >= 15 is 0 Å². The highest BCUT2D eigenvalue weighted by Crippen LogP contribution is 1.92. The van der Waals surface area contributed by atoms with E-state index in [2.05, 4.69) is 15.0 Å².